The largest absolute Gasteiger partial charge is 0.378 e. The van der Waals surface area contributed by atoms with Gasteiger partial charge in [0.05, 0.1) is 18.1 Å². The lowest BCUT2D eigenvalue weighted by atomic mass is 10.1. The lowest BCUT2D eigenvalue weighted by Gasteiger charge is -2.30. The predicted molar refractivity (Wildman–Crippen MR) is 82.2 cm³/mol. The van der Waals surface area contributed by atoms with Gasteiger partial charge in [-0.3, -0.25) is 14.9 Å². The van der Waals surface area contributed by atoms with Crippen molar-refractivity contribution in [1.82, 2.24) is 0 Å². The number of amides is 1. The maximum Gasteiger partial charge on any atom is 0.292 e. The Morgan fingerprint density at radius 1 is 1.18 bits per heavy atom. The molecule has 0 N–H and O–H groups in total. The molecular weight excluding hydrogens is 286 g/mol. The quantitative estimate of drug-likeness (QED) is 0.628. The average Bonchev–Trinajstić information content (AvgIpc) is 2.55. The fraction of sp³-hybridized carbons (Fsp3) is 0.400. The van der Waals surface area contributed by atoms with Crippen molar-refractivity contribution in [2.45, 2.75) is 6.42 Å². The number of ether oxygens (including phenoxy) is 1. The SMILES string of the molecule is O=C1C=CCCN1c1ccc([N+](=O)[O-])c(N2CCOCC2)c1. The molecule has 22 heavy (non-hydrogen) atoms. The first-order valence-corrected chi connectivity index (χ1v) is 7.26. The lowest BCUT2D eigenvalue weighted by molar-refractivity contribution is -0.384. The molecule has 1 amide bonds. The minimum absolute atomic E-state index is 0.0608. The highest BCUT2D eigenvalue weighted by Crippen LogP contribution is 2.33. The van der Waals surface area contributed by atoms with E-state index in [1.165, 1.54) is 6.07 Å². The molecule has 7 nitrogen and oxygen atoms in total. The molecule has 116 valence electrons. The van der Waals surface area contributed by atoms with Crippen LogP contribution >= 0.6 is 0 Å². The molecule has 2 aliphatic rings. The summed E-state index contributed by atoms with van der Waals surface area (Å²) in [5, 5.41) is 11.3. The Kier molecular flexibility index (Phi) is 4.06. The first-order valence-electron chi connectivity index (χ1n) is 7.26. The summed E-state index contributed by atoms with van der Waals surface area (Å²) >= 11 is 0. The normalized spacial score (nSPS) is 18.6. The van der Waals surface area contributed by atoms with Gasteiger partial charge in [-0.2, -0.15) is 0 Å². The molecule has 0 aliphatic carbocycles. The molecule has 1 aromatic rings. The minimum atomic E-state index is -0.382. The van der Waals surface area contributed by atoms with Crippen LogP contribution in [0.5, 0.6) is 0 Å². The zero-order valence-electron chi connectivity index (χ0n) is 12.1. The zero-order chi connectivity index (χ0) is 15.5. The van der Waals surface area contributed by atoms with Crippen LogP contribution in [0.1, 0.15) is 6.42 Å². The van der Waals surface area contributed by atoms with Crippen LogP contribution in [-0.4, -0.2) is 43.7 Å². The molecule has 0 aromatic heterocycles. The number of hydrogen-bond donors (Lipinski definition) is 0. The first-order chi connectivity index (χ1) is 10.7. The monoisotopic (exact) mass is 303 g/mol. The number of carbonyl (C=O) groups is 1. The number of anilines is 2. The van der Waals surface area contributed by atoms with E-state index in [9.17, 15) is 14.9 Å². The molecule has 7 heteroatoms. The van der Waals surface area contributed by atoms with Crippen molar-refractivity contribution in [2.75, 3.05) is 42.6 Å². The summed E-state index contributed by atoms with van der Waals surface area (Å²) in [7, 11) is 0. The summed E-state index contributed by atoms with van der Waals surface area (Å²) in [6, 6.07) is 4.85. The van der Waals surface area contributed by atoms with E-state index in [-0.39, 0.29) is 16.5 Å². The Labute approximate surface area is 127 Å². The first kappa shape index (κ1) is 14.5. The highest BCUT2D eigenvalue weighted by molar-refractivity contribution is 6.02. The van der Waals surface area contributed by atoms with Gasteiger partial charge < -0.3 is 14.5 Å². The Bertz CT molecular complexity index is 623. The number of rotatable bonds is 3. The van der Waals surface area contributed by atoms with Gasteiger partial charge in [-0.25, -0.2) is 0 Å². The fourth-order valence-corrected chi connectivity index (χ4v) is 2.74. The van der Waals surface area contributed by atoms with Crippen molar-refractivity contribution in [3.05, 3.63) is 40.5 Å². The average molecular weight is 303 g/mol. The van der Waals surface area contributed by atoms with Gasteiger partial charge in [0.25, 0.3) is 11.6 Å². The maximum absolute atomic E-state index is 12.0. The van der Waals surface area contributed by atoms with Crippen molar-refractivity contribution in [3.8, 4) is 0 Å². The molecule has 0 spiro atoms. The Morgan fingerprint density at radius 2 is 1.95 bits per heavy atom. The van der Waals surface area contributed by atoms with Gasteiger partial charge in [-0.15, -0.1) is 0 Å². The number of benzene rings is 1. The molecule has 0 bridgehead atoms. The molecule has 1 aromatic carbocycles. The van der Waals surface area contributed by atoms with E-state index >= 15 is 0 Å². The smallest absolute Gasteiger partial charge is 0.292 e. The third-order valence-electron chi connectivity index (χ3n) is 3.86. The van der Waals surface area contributed by atoms with Crippen LogP contribution < -0.4 is 9.80 Å². The molecule has 0 saturated carbocycles. The van der Waals surface area contributed by atoms with Gasteiger partial charge >= 0.3 is 0 Å². The van der Waals surface area contributed by atoms with Gasteiger partial charge in [-0.1, -0.05) is 6.08 Å². The van der Waals surface area contributed by atoms with E-state index < -0.39 is 0 Å². The molecule has 2 heterocycles. The fourth-order valence-electron chi connectivity index (χ4n) is 2.74. The molecule has 0 unspecified atom stereocenters. The van der Waals surface area contributed by atoms with E-state index in [2.05, 4.69) is 0 Å². The van der Waals surface area contributed by atoms with Gasteiger partial charge in [0.2, 0.25) is 0 Å². The molecule has 0 atom stereocenters. The summed E-state index contributed by atoms with van der Waals surface area (Å²) in [6.07, 6.45) is 4.17. The summed E-state index contributed by atoms with van der Waals surface area (Å²) < 4.78 is 5.30. The summed E-state index contributed by atoms with van der Waals surface area (Å²) in [6.45, 7) is 2.91. The van der Waals surface area contributed by atoms with Crippen molar-refractivity contribution in [3.63, 3.8) is 0 Å². The van der Waals surface area contributed by atoms with Crippen molar-refractivity contribution >= 4 is 23.0 Å². The van der Waals surface area contributed by atoms with Crippen molar-refractivity contribution < 1.29 is 14.5 Å². The van der Waals surface area contributed by atoms with Crippen LogP contribution in [0, 0.1) is 10.1 Å². The molecular formula is C15H17N3O4. The van der Waals surface area contributed by atoms with E-state index in [1.807, 2.05) is 11.0 Å². The molecule has 1 fully saturated rings. The topological polar surface area (TPSA) is 75.9 Å². The summed E-state index contributed by atoms with van der Waals surface area (Å²) in [4.78, 5) is 26.4. The Balaban J connectivity index is 1.97. The Hall–Kier alpha value is -2.41. The van der Waals surface area contributed by atoms with Gasteiger partial charge in [0.15, 0.2) is 0 Å². The number of morpholine rings is 1. The number of nitro groups is 1. The predicted octanol–water partition coefficient (Wildman–Crippen LogP) is 1.72. The van der Waals surface area contributed by atoms with Crippen LogP contribution in [-0.2, 0) is 9.53 Å². The van der Waals surface area contributed by atoms with Crippen molar-refractivity contribution in [2.24, 2.45) is 0 Å². The zero-order valence-corrected chi connectivity index (χ0v) is 12.1. The molecule has 0 radical (unpaired) electrons. The second-order valence-electron chi connectivity index (χ2n) is 5.21. The molecule has 2 aliphatic heterocycles. The van der Waals surface area contributed by atoms with Gasteiger partial charge in [-0.05, 0) is 24.6 Å². The summed E-state index contributed by atoms with van der Waals surface area (Å²) in [5.41, 5.74) is 1.31. The highest BCUT2D eigenvalue weighted by Gasteiger charge is 2.24. The van der Waals surface area contributed by atoms with Crippen LogP contribution in [0.25, 0.3) is 0 Å². The molecule has 3 rings (SSSR count). The lowest BCUT2D eigenvalue weighted by Crippen LogP contribution is -2.37. The third kappa shape index (κ3) is 2.80. The van der Waals surface area contributed by atoms with E-state index in [0.717, 1.165) is 6.42 Å². The number of nitro benzene ring substituents is 1. The van der Waals surface area contributed by atoms with E-state index in [1.54, 1.807) is 23.1 Å². The van der Waals surface area contributed by atoms with Gasteiger partial charge in [0, 0.05) is 31.4 Å². The van der Waals surface area contributed by atoms with Crippen LogP contribution in [0.3, 0.4) is 0 Å². The van der Waals surface area contributed by atoms with Crippen LogP contribution in [0.4, 0.5) is 17.1 Å². The second-order valence-corrected chi connectivity index (χ2v) is 5.21. The third-order valence-corrected chi connectivity index (χ3v) is 3.86. The van der Waals surface area contributed by atoms with Gasteiger partial charge in [0.1, 0.15) is 5.69 Å². The Morgan fingerprint density at radius 3 is 2.64 bits per heavy atom. The van der Waals surface area contributed by atoms with Crippen LogP contribution in [0.15, 0.2) is 30.4 Å². The molecule has 1 saturated heterocycles. The maximum atomic E-state index is 12.0. The van der Waals surface area contributed by atoms with E-state index in [4.69, 9.17) is 4.74 Å². The number of nitrogens with zero attached hydrogens (tertiary/aromatic N) is 3. The standard InChI is InChI=1S/C15H17N3O4/c19-15-3-1-2-6-17(15)12-4-5-13(18(20)21)14(11-12)16-7-9-22-10-8-16/h1,3-5,11H,2,6-10H2. The van der Waals surface area contributed by atoms with E-state index in [0.29, 0.717) is 44.2 Å². The highest BCUT2D eigenvalue weighted by atomic mass is 16.6. The number of carbonyl (C=O) groups excluding carboxylic acids is 1. The van der Waals surface area contributed by atoms with Crippen molar-refractivity contribution in [1.29, 1.82) is 0 Å². The minimum Gasteiger partial charge on any atom is -0.378 e. The summed E-state index contributed by atoms with van der Waals surface area (Å²) in [5.74, 6) is -0.0898. The van der Waals surface area contributed by atoms with Crippen LogP contribution in [0.2, 0.25) is 0 Å². The second kappa shape index (κ2) is 6.15. The number of hydrogen-bond acceptors (Lipinski definition) is 5.